The molecule has 7 heteroatoms. The van der Waals surface area contributed by atoms with Gasteiger partial charge in [0.25, 0.3) is 0 Å². The van der Waals surface area contributed by atoms with Gasteiger partial charge in [-0.1, -0.05) is 23.4 Å². The third-order valence-electron chi connectivity index (χ3n) is 2.15. The lowest BCUT2D eigenvalue weighted by Crippen LogP contribution is -2.06. The molecule has 0 bridgehead atoms. The number of nitrogens with zero attached hydrogens (tertiary/aromatic N) is 3. The van der Waals surface area contributed by atoms with Crippen LogP contribution in [0.5, 0.6) is 0 Å². The first-order chi connectivity index (χ1) is 7.53. The molecule has 1 heterocycles. The number of rotatable bonds is 2. The van der Waals surface area contributed by atoms with Crippen LogP contribution < -0.4 is 5.73 Å². The Labute approximate surface area is 92.6 Å². The van der Waals surface area contributed by atoms with Crippen LogP contribution in [-0.2, 0) is 16.9 Å². The number of hydrogen-bond donors (Lipinski definition) is 1. The Kier molecular flexibility index (Phi) is 2.39. The molecule has 2 aromatic rings. The molecule has 1 aromatic heterocycles. The van der Waals surface area contributed by atoms with Gasteiger partial charge in [0.1, 0.15) is 0 Å². The molecule has 2 rings (SSSR count). The number of aromatic nitrogens is 3. The first kappa shape index (κ1) is 10.6. The highest BCUT2D eigenvalue weighted by molar-refractivity contribution is 7.91. The zero-order valence-corrected chi connectivity index (χ0v) is 9.35. The lowest BCUT2D eigenvalue weighted by molar-refractivity contribution is 0.592. The van der Waals surface area contributed by atoms with Gasteiger partial charge < -0.3 is 5.73 Å². The molecule has 16 heavy (non-hydrogen) atoms. The number of anilines is 1. The molecule has 0 saturated carbocycles. The van der Waals surface area contributed by atoms with E-state index in [2.05, 4.69) is 10.3 Å². The minimum absolute atomic E-state index is 0.0313. The summed E-state index contributed by atoms with van der Waals surface area (Å²) in [5, 5.41) is 6.93. The summed E-state index contributed by atoms with van der Waals surface area (Å²) in [7, 11) is -2.13. The van der Waals surface area contributed by atoms with Crippen molar-refractivity contribution in [2.24, 2.45) is 7.05 Å². The van der Waals surface area contributed by atoms with Gasteiger partial charge in [0.2, 0.25) is 14.9 Å². The maximum atomic E-state index is 12.1. The zero-order chi connectivity index (χ0) is 11.8. The summed E-state index contributed by atoms with van der Waals surface area (Å²) in [5.41, 5.74) is 5.58. The van der Waals surface area contributed by atoms with Crippen molar-refractivity contribution in [3.8, 4) is 0 Å². The topological polar surface area (TPSA) is 90.9 Å². The first-order valence-electron chi connectivity index (χ1n) is 4.49. The fourth-order valence-electron chi connectivity index (χ4n) is 1.25. The Morgan fingerprint density at radius 1 is 1.25 bits per heavy atom. The average Bonchev–Trinajstić information content (AvgIpc) is 2.61. The minimum Gasteiger partial charge on any atom is -0.381 e. The molecule has 0 atom stereocenters. The summed E-state index contributed by atoms with van der Waals surface area (Å²) < 4.78 is 25.4. The van der Waals surface area contributed by atoms with Crippen LogP contribution in [0.1, 0.15) is 0 Å². The Morgan fingerprint density at radius 2 is 1.88 bits per heavy atom. The molecular formula is C9H10N4O2S. The molecule has 0 aliphatic rings. The van der Waals surface area contributed by atoms with Crippen LogP contribution in [0.2, 0.25) is 0 Å². The van der Waals surface area contributed by atoms with Crippen LogP contribution in [0.3, 0.4) is 0 Å². The van der Waals surface area contributed by atoms with Crippen molar-refractivity contribution in [1.82, 2.24) is 15.0 Å². The predicted octanol–water partition coefficient (Wildman–Crippen LogP) is 0.230. The van der Waals surface area contributed by atoms with Crippen molar-refractivity contribution >= 4 is 15.7 Å². The molecule has 6 nitrogen and oxygen atoms in total. The summed E-state index contributed by atoms with van der Waals surface area (Å²) >= 11 is 0. The summed E-state index contributed by atoms with van der Waals surface area (Å²) in [6.07, 6.45) is 0. The van der Waals surface area contributed by atoms with E-state index in [9.17, 15) is 8.42 Å². The van der Waals surface area contributed by atoms with E-state index in [0.717, 1.165) is 0 Å². The molecule has 0 spiro atoms. The SMILES string of the molecule is Cn1nnc(S(=O)(=O)c2ccccc2)c1N. The van der Waals surface area contributed by atoms with Crippen molar-refractivity contribution in [2.75, 3.05) is 5.73 Å². The molecule has 0 aliphatic carbocycles. The van der Waals surface area contributed by atoms with E-state index < -0.39 is 9.84 Å². The molecule has 0 radical (unpaired) electrons. The maximum Gasteiger partial charge on any atom is 0.229 e. The predicted molar refractivity (Wildman–Crippen MR) is 57.3 cm³/mol. The zero-order valence-electron chi connectivity index (χ0n) is 8.53. The Bertz CT molecular complexity index is 604. The number of aryl methyl sites for hydroxylation is 1. The Balaban J connectivity index is 2.61. The second-order valence-corrected chi connectivity index (χ2v) is 5.08. The van der Waals surface area contributed by atoms with Gasteiger partial charge in [-0.25, -0.2) is 13.1 Å². The Hall–Kier alpha value is -1.89. The van der Waals surface area contributed by atoms with E-state index in [0.29, 0.717) is 0 Å². The van der Waals surface area contributed by atoms with Crippen LogP contribution in [0.4, 0.5) is 5.82 Å². The largest absolute Gasteiger partial charge is 0.381 e. The molecule has 1 aromatic carbocycles. The van der Waals surface area contributed by atoms with Crippen molar-refractivity contribution in [1.29, 1.82) is 0 Å². The fourth-order valence-corrected chi connectivity index (χ4v) is 2.54. The van der Waals surface area contributed by atoms with Crippen LogP contribution in [-0.4, -0.2) is 23.4 Å². The number of benzene rings is 1. The van der Waals surface area contributed by atoms with E-state index in [1.807, 2.05) is 0 Å². The third-order valence-corrected chi connectivity index (χ3v) is 3.84. The second kappa shape index (κ2) is 3.60. The normalized spacial score (nSPS) is 11.6. The second-order valence-electron chi connectivity index (χ2n) is 3.22. The molecular weight excluding hydrogens is 228 g/mol. The summed E-state index contributed by atoms with van der Waals surface area (Å²) in [6, 6.07) is 7.99. The monoisotopic (exact) mass is 238 g/mol. The molecule has 0 fully saturated rings. The lowest BCUT2D eigenvalue weighted by atomic mass is 10.4. The van der Waals surface area contributed by atoms with Crippen molar-refractivity contribution in [3.05, 3.63) is 30.3 Å². The van der Waals surface area contributed by atoms with Crippen molar-refractivity contribution < 1.29 is 8.42 Å². The summed E-state index contributed by atoms with van der Waals surface area (Å²) in [6.45, 7) is 0. The van der Waals surface area contributed by atoms with E-state index in [1.165, 1.54) is 23.9 Å². The van der Waals surface area contributed by atoms with Crippen molar-refractivity contribution in [2.45, 2.75) is 9.92 Å². The number of hydrogen-bond acceptors (Lipinski definition) is 5. The maximum absolute atomic E-state index is 12.1. The number of nitrogens with two attached hydrogens (primary N) is 1. The van der Waals surface area contributed by atoms with Crippen LogP contribution in [0.15, 0.2) is 40.3 Å². The first-order valence-corrected chi connectivity index (χ1v) is 5.97. The summed E-state index contributed by atoms with van der Waals surface area (Å²) in [5.74, 6) is 0.0313. The van der Waals surface area contributed by atoms with Crippen LogP contribution >= 0.6 is 0 Å². The van der Waals surface area contributed by atoms with Gasteiger partial charge in [0.05, 0.1) is 4.90 Å². The highest BCUT2D eigenvalue weighted by atomic mass is 32.2. The van der Waals surface area contributed by atoms with Gasteiger partial charge in [-0.2, -0.15) is 0 Å². The molecule has 0 aliphatic heterocycles. The van der Waals surface area contributed by atoms with Crippen molar-refractivity contribution in [3.63, 3.8) is 0 Å². The smallest absolute Gasteiger partial charge is 0.229 e. The summed E-state index contributed by atoms with van der Waals surface area (Å²) in [4.78, 5) is 0.155. The molecule has 0 saturated heterocycles. The molecule has 0 unspecified atom stereocenters. The molecule has 0 amide bonds. The molecule has 2 N–H and O–H groups in total. The number of nitrogen functional groups attached to an aromatic ring is 1. The van der Waals surface area contributed by atoms with Gasteiger partial charge in [-0.15, -0.1) is 5.10 Å². The van der Waals surface area contributed by atoms with E-state index in [4.69, 9.17) is 5.73 Å². The minimum atomic E-state index is -3.67. The van der Waals surface area contributed by atoms with Gasteiger partial charge in [0.15, 0.2) is 5.82 Å². The standard InChI is InChI=1S/C9H10N4O2S/c1-13-8(10)9(11-12-13)16(14,15)7-5-3-2-4-6-7/h2-6H,10H2,1H3. The van der Waals surface area contributed by atoms with Gasteiger partial charge in [-0.05, 0) is 12.1 Å². The van der Waals surface area contributed by atoms with Gasteiger partial charge in [-0.3, -0.25) is 0 Å². The van der Waals surface area contributed by atoms with Gasteiger partial charge >= 0.3 is 0 Å². The quantitative estimate of drug-likeness (QED) is 0.808. The molecule has 84 valence electrons. The fraction of sp³-hybridized carbons (Fsp3) is 0.111. The third kappa shape index (κ3) is 1.54. The van der Waals surface area contributed by atoms with E-state index >= 15 is 0 Å². The number of sulfone groups is 1. The highest BCUT2D eigenvalue weighted by Crippen LogP contribution is 2.22. The average molecular weight is 238 g/mol. The van der Waals surface area contributed by atoms with Crippen LogP contribution in [0.25, 0.3) is 0 Å². The van der Waals surface area contributed by atoms with Crippen LogP contribution in [0, 0.1) is 0 Å². The highest BCUT2D eigenvalue weighted by Gasteiger charge is 2.24. The van der Waals surface area contributed by atoms with E-state index in [1.54, 1.807) is 18.2 Å². The van der Waals surface area contributed by atoms with E-state index in [-0.39, 0.29) is 15.7 Å². The Morgan fingerprint density at radius 3 is 2.38 bits per heavy atom. The van der Waals surface area contributed by atoms with Gasteiger partial charge in [0, 0.05) is 7.05 Å². The lowest BCUT2D eigenvalue weighted by Gasteiger charge is -2.01.